The van der Waals surface area contributed by atoms with E-state index >= 15 is 0 Å². The predicted molar refractivity (Wildman–Crippen MR) is 131 cm³/mol. The molecule has 3 rings (SSSR count). The van der Waals surface area contributed by atoms with Crippen molar-refractivity contribution in [1.29, 1.82) is 0 Å². The van der Waals surface area contributed by atoms with Crippen molar-refractivity contribution < 1.29 is 38.4 Å². The highest BCUT2D eigenvalue weighted by Crippen LogP contribution is 2.42. The molecule has 2 aromatic rings. The number of thioether (sulfide) groups is 1. The first-order valence-electron chi connectivity index (χ1n) is 10.8. The SMILES string of the molecule is CCCCOC(=O)CN1C(=O)S/C(=C/c2cccc(OC)c2Oc2ccc([N+](=O)[O-])cc2[N+](=O)[O-])C1=O. The number of methoxy groups -OCH3 is 1. The number of carbonyl (C=O) groups excluding carboxylic acids is 3. The summed E-state index contributed by atoms with van der Waals surface area (Å²) in [5.74, 6) is -1.64. The Labute approximate surface area is 214 Å². The minimum Gasteiger partial charge on any atom is -0.493 e. The maximum Gasteiger partial charge on any atom is 0.326 e. The lowest BCUT2D eigenvalue weighted by Gasteiger charge is -2.14. The Morgan fingerprint density at radius 3 is 2.51 bits per heavy atom. The molecule has 2 aromatic carbocycles. The number of benzene rings is 2. The molecular formula is C23H21N3O10S. The van der Waals surface area contributed by atoms with Gasteiger partial charge in [-0.25, -0.2) is 0 Å². The third-order valence-electron chi connectivity index (χ3n) is 5.00. The number of para-hydroxylation sites is 1. The van der Waals surface area contributed by atoms with Gasteiger partial charge in [0, 0.05) is 11.6 Å². The third kappa shape index (κ3) is 6.41. The summed E-state index contributed by atoms with van der Waals surface area (Å²) >= 11 is 0.600. The van der Waals surface area contributed by atoms with Gasteiger partial charge in [-0.15, -0.1) is 0 Å². The number of amides is 2. The van der Waals surface area contributed by atoms with Crippen molar-refractivity contribution in [3.05, 3.63) is 67.1 Å². The van der Waals surface area contributed by atoms with E-state index in [2.05, 4.69) is 0 Å². The first-order valence-corrected chi connectivity index (χ1v) is 11.7. The van der Waals surface area contributed by atoms with Gasteiger partial charge in [-0.3, -0.25) is 39.5 Å². The summed E-state index contributed by atoms with van der Waals surface area (Å²) in [6, 6.07) is 7.46. The fraction of sp³-hybridized carbons (Fsp3) is 0.261. The van der Waals surface area contributed by atoms with Crippen LogP contribution in [0.3, 0.4) is 0 Å². The van der Waals surface area contributed by atoms with Gasteiger partial charge in [-0.2, -0.15) is 0 Å². The van der Waals surface area contributed by atoms with Gasteiger partial charge in [-0.05, 0) is 36.4 Å². The monoisotopic (exact) mass is 531 g/mol. The second-order valence-corrected chi connectivity index (χ2v) is 8.48. The summed E-state index contributed by atoms with van der Waals surface area (Å²) in [7, 11) is 1.33. The van der Waals surface area contributed by atoms with Crippen LogP contribution in [0.5, 0.6) is 17.2 Å². The molecule has 13 nitrogen and oxygen atoms in total. The lowest BCUT2D eigenvalue weighted by Crippen LogP contribution is -2.34. The van der Waals surface area contributed by atoms with Crippen LogP contribution in [0.2, 0.25) is 0 Å². The van der Waals surface area contributed by atoms with Crippen molar-refractivity contribution >= 4 is 46.3 Å². The molecule has 2 amide bonds. The van der Waals surface area contributed by atoms with Crippen LogP contribution >= 0.6 is 11.8 Å². The molecule has 1 aliphatic heterocycles. The molecule has 0 aliphatic carbocycles. The highest BCUT2D eigenvalue weighted by molar-refractivity contribution is 8.18. The molecule has 1 aliphatic rings. The molecule has 1 saturated heterocycles. The summed E-state index contributed by atoms with van der Waals surface area (Å²) in [5, 5.41) is 21.9. The van der Waals surface area contributed by atoms with Crippen molar-refractivity contribution in [2.75, 3.05) is 20.3 Å². The van der Waals surface area contributed by atoms with Crippen molar-refractivity contribution in [3.8, 4) is 17.2 Å². The van der Waals surface area contributed by atoms with Crippen LogP contribution in [0.25, 0.3) is 6.08 Å². The number of hydrogen-bond acceptors (Lipinski definition) is 11. The molecule has 1 heterocycles. The lowest BCUT2D eigenvalue weighted by atomic mass is 10.1. The quantitative estimate of drug-likeness (QED) is 0.130. The number of hydrogen-bond donors (Lipinski definition) is 0. The number of non-ortho nitro benzene ring substituents is 1. The van der Waals surface area contributed by atoms with Gasteiger partial charge >= 0.3 is 11.7 Å². The number of ether oxygens (including phenoxy) is 3. The number of unbranched alkanes of at least 4 members (excludes halogenated alkanes) is 1. The Bertz CT molecular complexity index is 1290. The molecule has 0 spiro atoms. The number of carbonyl (C=O) groups is 3. The van der Waals surface area contributed by atoms with Crippen LogP contribution in [0.4, 0.5) is 16.2 Å². The zero-order valence-electron chi connectivity index (χ0n) is 19.7. The Hall–Kier alpha value is -4.46. The van der Waals surface area contributed by atoms with Crippen LogP contribution in [0, 0.1) is 20.2 Å². The molecule has 14 heteroatoms. The molecule has 0 radical (unpaired) electrons. The Morgan fingerprint density at radius 2 is 1.86 bits per heavy atom. The molecule has 194 valence electrons. The maximum absolute atomic E-state index is 12.8. The number of nitrogens with zero attached hydrogens (tertiary/aromatic N) is 3. The highest BCUT2D eigenvalue weighted by Gasteiger charge is 2.37. The van der Waals surface area contributed by atoms with Crippen LogP contribution in [0.1, 0.15) is 25.3 Å². The first kappa shape index (κ1) is 27.1. The summed E-state index contributed by atoms with van der Waals surface area (Å²) in [5.41, 5.74) is -0.933. The molecule has 37 heavy (non-hydrogen) atoms. The minimum absolute atomic E-state index is 0.0253. The molecular weight excluding hydrogens is 510 g/mol. The van der Waals surface area contributed by atoms with Crippen molar-refractivity contribution in [3.63, 3.8) is 0 Å². The van der Waals surface area contributed by atoms with E-state index < -0.39 is 44.9 Å². The number of nitro benzene ring substituents is 2. The van der Waals surface area contributed by atoms with Crippen LogP contribution in [-0.2, 0) is 14.3 Å². The third-order valence-corrected chi connectivity index (χ3v) is 5.91. The van der Waals surface area contributed by atoms with Crippen LogP contribution in [0.15, 0.2) is 41.3 Å². The summed E-state index contributed by atoms with van der Waals surface area (Å²) < 4.78 is 16.1. The van der Waals surface area contributed by atoms with Crippen molar-refractivity contribution in [1.82, 2.24) is 4.90 Å². The van der Waals surface area contributed by atoms with Gasteiger partial charge in [0.1, 0.15) is 6.54 Å². The van der Waals surface area contributed by atoms with Crippen molar-refractivity contribution in [2.45, 2.75) is 19.8 Å². The number of esters is 1. The second-order valence-electron chi connectivity index (χ2n) is 7.49. The lowest BCUT2D eigenvalue weighted by molar-refractivity contribution is -0.394. The highest BCUT2D eigenvalue weighted by atomic mass is 32.2. The maximum atomic E-state index is 12.8. The fourth-order valence-corrected chi connectivity index (χ4v) is 3.99. The van der Waals surface area contributed by atoms with Gasteiger partial charge < -0.3 is 14.2 Å². The topological polar surface area (TPSA) is 168 Å². The normalized spacial score (nSPS) is 14.1. The number of nitro groups is 2. The van der Waals surface area contributed by atoms with Gasteiger partial charge in [0.25, 0.3) is 16.8 Å². The largest absolute Gasteiger partial charge is 0.493 e. The van der Waals surface area contributed by atoms with Gasteiger partial charge in [-0.1, -0.05) is 25.5 Å². The van der Waals surface area contributed by atoms with E-state index in [-0.39, 0.29) is 34.3 Å². The van der Waals surface area contributed by atoms with Gasteiger partial charge in [0.15, 0.2) is 11.5 Å². The average molecular weight is 531 g/mol. The van der Waals surface area contributed by atoms with Crippen LogP contribution in [-0.4, -0.2) is 52.1 Å². The van der Waals surface area contributed by atoms with Crippen LogP contribution < -0.4 is 9.47 Å². The minimum atomic E-state index is -0.831. The van der Waals surface area contributed by atoms with E-state index in [1.807, 2.05) is 6.92 Å². The molecule has 0 bridgehead atoms. The van der Waals surface area contributed by atoms with E-state index in [0.717, 1.165) is 29.5 Å². The Balaban J connectivity index is 1.93. The summed E-state index contributed by atoms with van der Waals surface area (Å²) in [6.45, 7) is 1.56. The summed E-state index contributed by atoms with van der Waals surface area (Å²) in [4.78, 5) is 58.9. The molecule has 0 aromatic heterocycles. The summed E-state index contributed by atoms with van der Waals surface area (Å²) in [6.07, 6.45) is 2.78. The zero-order chi connectivity index (χ0) is 27.1. The first-order chi connectivity index (χ1) is 17.7. The van der Waals surface area contributed by atoms with Gasteiger partial charge in [0.05, 0.1) is 34.5 Å². The second kappa shape index (κ2) is 12.0. The smallest absolute Gasteiger partial charge is 0.326 e. The fourth-order valence-electron chi connectivity index (χ4n) is 3.16. The van der Waals surface area contributed by atoms with E-state index in [1.54, 1.807) is 6.07 Å². The number of rotatable bonds is 11. The van der Waals surface area contributed by atoms with Gasteiger partial charge in [0.2, 0.25) is 5.75 Å². The molecule has 0 atom stereocenters. The average Bonchev–Trinajstić information content (AvgIpc) is 3.12. The molecule has 0 N–H and O–H groups in total. The molecule has 0 unspecified atom stereocenters. The molecule has 0 saturated carbocycles. The zero-order valence-corrected chi connectivity index (χ0v) is 20.5. The Morgan fingerprint density at radius 1 is 1.11 bits per heavy atom. The van der Waals surface area contributed by atoms with E-state index in [1.165, 1.54) is 25.3 Å². The molecule has 1 fully saturated rings. The van der Waals surface area contributed by atoms with E-state index in [4.69, 9.17) is 14.2 Å². The Kier molecular flexibility index (Phi) is 8.79. The standard InChI is InChI=1S/C23H21N3O10S/c1-3-4-10-35-20(27)13-24-22(28)19(37-23(24)29)11-14-6-5-7-18(34-2)21(14)36-17-9-8-15(25(30)31)12-16(17)26(32)33/h5-9,11-12H,3-4,10,13H2,1-2H3/b19-11+. The van der Waals surface area contributed by atoms with E-state index in [9.17, 15) is 34.6 Å². The van der Waals surface area contributed by atoms with Crippen molar-refractivity contribution in [2.24, 2.45) is 0 Å². The predicted octanol–water partition coefficient (Wildman–Crippen LogP) is 4.68. The number of imide groups is 1. The van der Waals surface area contributed by atoms with E-state index in [0.29, 0.717) is 18.2 Å².